The molecule has 1 rings (SSSR count). The summed E-state index contributed by atoms with van der Waals surface area (Å²) in [5.41, 5.74) is 0.920. The number of rotatable bonds is 4. The highest BCUT2D eigenvalue weighted by molar-refractivity contribution is 5.17. The molecule has 1 aromatic carbocycles. The van der Waals surface area contributed by atoms with Crippen LogP contribution >= 0.6 is 0 Å². The monoisotopic (exact) mass is 180 g/mol. The molecule has 0 aromatic heterocycles. The van der Waals surface area contributed by atoms with Gasteiger partial charge in [0, 0.05) is 6.61 Å². The maximum absolute atomic E-state index is 9.81. The van der Waals surface area contributed by atoms with Crippen LogP contribution in [0, 0.1) is 5.92 Å². The number of benzene rings is 1. The van der Waals surface area contributed by atoms with E-state index in [2.05, 4.69) is 0 Å². The van der Waals surface area contributed by atoms with Gasteiger partial charge in [0.1, 0.15) is 0 Å². The van der Waals surface area contributed by atoms with Crippen molar-refractivity contribution in [2.75, 3.05) is 6.61 Å². The quantitative estimate of drug-likeness (QED) is 0.741. The Kier molecular flexibility index (Phi) is 3.93. The molecule has 2 N–H and O–H groups in total. The summed E-state index contributed by atoms with van der Waals surface area (Å²) in [4.78, 5) is 0. The van der Waals surface area contributed by atoms with Crippen LogP contribution in [0.25, 0.3) is 0 Å². The molecule has 2 atom stereocenters. The highest BCUT2D eigenvalue weighted by Gasteiger charge is 2.14. The number of hydrogen-bond acceptors (Lipinski definition) is 2. The van der Waals surface area contributed by atoms with Gasteiger partial charge in [-0.3, -0.25) is 0 Å². The first kappa shape index (κ1) is 10.2. The topological polar surface area (TPSA) is 40.5 Å². The Labute approximate surface area is 78.8 Å². The molecule has 0 saturated heterocycles. The average Bonchev–Trinajstić information content (AvgIpc) is 2.18. The Morgan fingerprint density at radius 2 is 1.85 bits per heavy atom. The third-order valence-electron chi connectivity index (χ3n) is 2.26. The molecule has 0 aliphatic carbocycles. The first-order chi connectivity index (χ1) is 6.25. The van der Waals surface area contributed by atoms with E-state index >= 15 is 0 Å². The maximum atomic E-state index is 9.81. The van der Waals surface area contributed by atoms with Crippen LogP contribution in [0.5, 0.6) is 0 Å². The Bertz CT molecular complexity index is 233. The molecule has 72 valence electrons. The van der Waals surface area contributed by atoms with Gasteiger partial charge in [-0.2, -0.15) is 0 Å². The zero-order valence-corrected chi connectivity index (χ0v) is 7.85. The summed E-state index contributed by atoms with van der Waals surface area (Å²) in [5.74, 6) is 0.104. The molecule has 0 heterocycles. The molecule has 0 aliphatic rings. The van der Waals surface area contributed by atoms with Crippen LogP contribution in [0.1, 0.15) is 25.0 Å². The third kappa shape index (κ3) is 2.83. The van der Waals surface area contributed by atoms with Crippen molar-refractivity contribution >= 4 is 0 Å². The van der Waals surface area contributed by atoms with Gasteiger partial charge in [0.2, 0.25) is 0 Å². The minimum Gasteiger partial charge on any atom is -0.396 e. The second kappa shape index (κ2) is 5.00. The largest absolute Gasteiger partial charge is 0.396 e. The van der Waals surface area contributed by atoms with Crippen LogP contribution in [0.15, 0.2) is 30.3 Å². The van der Waals surface area contributed by atoms with Gasteiger partial charge in [-0.25, -0.2) is 0 Å². The Morgan fingerprint density at radius 1 is 1.23 bits per heavy atom. The van der Waals surface area contributed by atoms with Crippen molar-refractivity contribution in [1.82, 2.24) is 0 Å². The van der Waals surface area contributed by atoms with E-state index < -0.39 is 6.10 Å². The summed E-state index contributed by atoms with van der Waals surface area (Å²) in [5, 5.41) is 18.5. The molecule has 1 aromatic rings. The standard InChI is InChI=1S/C11H16O2/c1-9(7-8-12)11(13)10-5-3-2-4-6-10/h2-6,9,11-13H,7-8H2,1H3/t9-,11+/m1/s1. The lowest BCUT2D eigenvalue weighted by Crippen LogP contribution is -2.10. The molecule has 0 aliphatic heterocycles. The van der Waals surface area contributed by atoms with Crippen molar-refractivity contribution in [3.05, 3.63) is 35.9 Å². The van der Waals surface area contributed by atoms with Crippen LogP contribution in [0.4, 0.5) is 0 Å². The van der Waals surface area contributed by atoms with Gasteiger partial charge < -0.3 is 10.2 Å². The minimum atomic E-state index is -0.464. The lowest BCUT2D eigenvalue weighted by atomic mass is 9.95. The summed E-state index contributed by atoms with van der Waals surface area (Å²) in [6.45, 7) is 2.07. The molecule has 0 bridgehead atoms. The van der Waals surface area contributed by atoms with E-state index in [0.29, 0.717) is 6.42 Å². The summed E-state index contributed by atoms with van der Waals surface area (Å²) in [6.07, 6.45) is 0.170. The van der Waals surface area contributed by atoms with E-state index in [1.807, 2.05) is 37.3 Å². The fourth-order valence-electron chi connectivity index (χ4n) is 1.34. The SMILES string of the molecule is C[C@H](CCO)[C@H](O)c1ccccc1. The normalized spacial score (nSPS) is 15.3. The number of hydrogen-bond donors (Lipinski definition) is 2. The Morgan fingerprint density at radius 3 is 2.38 bits per heavy atom. The van der Waals surface area contributed by atoms with Gasteiger partial charge >= 0.3 is 0 Å². The van der Waals surface area contributed by atoms with E-state index in [9.17, 15) is 5.11 Å². The predicted octanol–water partition coefficient (Wildman–Crippen LogP) is 1.74. The second-order valence-corrected chi connectivity index (χ2v) is 3.35. The van der Waals surface area contributed by atoms with Crippen LogP contribution in [-0.4, -0.2) is 16.8 Å². The van der Waals surface area contributed by atoms with Crippen molar-refractivity contribution in [3.63, 3.8) is 0 Å². The van der Waals surface area contributed by atoms with Gasteiger partial charge in [0.15, 0.2) is 0 Å². The summed E-state index contributed by atoms with van der Waals surface area (Å²) in [7, 11) is 0. The molecular formula is C11H16O2. The number of aliphatic hydroxyl groups excluding tert-OH is 2. The van der Waals surface area contributed by atoms with Crippen LogP contribution in [0.2, 0.25) is 0 Å². The summed E-state index contributed by atoms with van der Waals surface area (Å²) in [6, 6.07) is 9.54. The lowest BCUT2D eigenvalue weighted by Gasteiger charge is -2.17. The van der Waals surface area contributed by atoms with Crippen LogP contribution in [-0.2, 0) is 0 Å². The lowest BCUT2D eigenvalue weighted by molar-refractivity contribution is 0.0991. The van der Waals surface area contributed by atoms with Crippen LogP contribution in [0.3, 0.4) is 0 Å². The van der Waals surface area contributed by atoms with Crippen molar-refractivity contribution < 1.29 is 10.2 Å². The van der Waals surface area contributed by atoms with Gasteiger partial charge in [0.25, 0.3) is 0 Å². The molecular weight excluding hydrogens is 164 g/mol. The average molecular weight is 180 g/mol. The smallest absolute Gasteiger partial charge is 0.0816 e. The van der Waals surface area contributed by atoms with E-state index in [4.69, 9.17) is 5.11 Å². The minimum absolute atomic E-state index is 0.104. The molecule has 2 heteroatoms. The Hall–Kier alpha value is -0.860. The van der Waals surface area contributed by atoms with E-state index in [-0.39, 0.29) is 12.5 Å². The third-order valence-corrected chi connectivity index (χ3v) is 2.26. The van der Waals surface area contributed by atoms with Gasteiger partial charge in [-0.1, -0.05) is 37.3 Å². The molecule has 0 unspecified atom stereocenters. The molecule has 2 nitrogen and oxygen atoms in total. The number of aliphatic hydroxyl groups is 2. The van der Waals surface area contributed by atoms with Crippen molar-refractivity contribution in [2.24, 2.45) is 5.92 Å². The Balaban J connectivity index is 2.62. The predicted molar refractivity (Wildman–Crippen MR) is 52.3 cm³/mol. The van der Waals surface area contributed by atoms with Gasteiger partial charge in [-0.15, -0.1) is 0 Å². The summed E-state index contributed by atoms with van der Waals surface area (Å²) >= 11 is 0. The molecule has 13 heavy (non-hydrogen) atoms. The molecule has 0 radical (unpaired) electrons. The first-order valence-corrected chi connectivity index (χ1v) is 4.59. The first-order valence-electron chi connectivity index (χ1n) is 4.59. The highest BCUT2D eigenvalue weighted by Crippen LogP contribution is 2.23. The van der Waals surface area contributed by atoms with Crippen molar-refractivity contribution in [3.8, 4) is 0 Å². The van der Waals surface area contributed by atoms with E-state index in [1.54, 1.807) is 0 Å². The summed E-state index contributed by atoms with van der Waals surface area (Å²) < 4.78 is 0. The zero-order chi connectivity index (χ0) is 9.68. The van der Waals surface area contributed by atoms with Gasteiger partial charge in [0.05, 0.1) is 6.10 Å². The van der Waals surface area contributed by atoms with Gasteiger partial charge in [-0.05, 0) is 17.9 Å². The molecule has 0 saturated carbocycles. The molecule has 0 amide bonds. The van der Waals surface area contributed by atoms with Crippen molar-refractivity contribution in [2.45, 2.75) is 19.4 Å². The van der Waals surface area contributed by atoms with E-state index in [1.165, 1.54) is 0 Å². The second-order valence-electron chi connectivity index (χ2n) is 3.35. The van der Waals surface area contributed by atoms with Crippen LogP contribution < -0.4 is 0 Å². The zero-order valence-electron chi connectivity index (χ0n) is 7.85. The maximum Gasteiger partial charge on any atom is 0.0816 e. The fraction of sp³-hybridized carbons (Fsp3) is 0.455. The van der Waals surface area contributed by atoms with Crippen molar-refractivity contribution in [1.29, 1.82) is 0 Å². The van der Waals surface area contributed by atoms with E-state index in [0.717, 1.165) is 5.56 Å². The highest BCUT2D eigenvalue weighted by atomic mass is 16.3. The molecule has 0 fully saturated rings. The fourth-order valence-corrected chi connectivity index (χ4v) is 1.34. The molecule has 0 spiro atoms.